The molecule has 11 nitrogen and oxygen atoms in total. The quantitative estimate of drug-likeness (QED) is 0.473. The van der Waals surface area contributed by atoms with Crippen molar-refractivity contribution in [2.75, 3.05) is 5.32 Å². The number of amides is 1. The van der Waals surface area contributed by atoms with Crippen LogP contribution in [0.3, 0.4) is 0 Å². The summed E-state index contributed by atoms with van der Waals surface area (Å²) in [4.78, 5) is 51.8. The maximum absolute atomic E-state index is 12.8. The van der Waals surface area contributed by atoms with E-state index in [1.807, 2.05) is 0 Å². The summed E-state index contributed by atoms with van der Waals surface area (Å²) in [7, 11) is 0. The molecule has 0 saturated carbocycles. The van der Waals surface area contributed by atoms with Gasteiger partial charge in [-0.2, -0.15) is 5.10 Å². The summed E-state index contributed by atoms with van der Waals surface area (Å²) in [6.45, 7) is 1.44. The predicted octanol–water partition coefficient (Wildman–Crippen LogP) is 0.961. The Labute approximate surface area is 156 Å². The van der Waals surface area contributed by atoms with Crippen molar-refractivity contribution in [3.05, 3.63) is 53.0 Å². The van der Waals surface area contributed by atoms with Gasteiger partial charge in [0.2, 0.25) is 5.91 Å². The third kappa shape index (κ3) is 2.74. The van der Waals surface area contributed by atoms with Crippen molar-refractivity contribution in [2.45, 2.75) is 13.0 Å². The molecule has 0 aliphatic rings. The SMILES string of the molecule is C[C@H](C(=O)Nc1ncnc2nc[nH]c12)n1nc(C(=O)O)c2ccccc2c1=O. The zero-order valence-corrected chi connectivity index (χ0v) is 14.4. The van der Waals surface area contributed by atoms with E-state index in [0.29, 0.717) is 11.2 Å². The molecule has 0 bridgehead atoms. The smallest absolute Gasteiger partial charge is 0.357 e. The number of anilines is 1. The molecular weight excluding hydrogens is 366 g/mol. The number of rotatable bonds is 4. The number of H-pyrrole nitrogens is 1. The van der Waals surface area contributed by atoms with Gasteiger partial charge in [0.15, 0.2) is 17.2 Å². The Morgan fingerprint density at radius 1 is 1.18 bits per heavy atom. The normalized spacial score (nSPS) is 12.2. The highest BCUT2D eigenvalue weighted by molar-refractivity contribution is 6.02. The van der Waals surface area contributed by atoms with Crippen molar-refractivity contribution in [1.29, 1.82) is 0 Å². The van der Waals surface area contributed by atoms with Crippen LogP contribution in [-0.4, -0.2) is 46.7 Å². The van der Waals surface area contributed by atoms with Crippen LogP contribution in [0.15, 0.2) is 41.7 Å². The predicted molar refractivity (Wildman–Crippen MR) is 98.0 cm³/mol. The summed E-state index contributed by atoms with van der Waals surface area (Å²) in [6.07, 6.45) is 2.65. The van der Waals surface area contributed by atoms with Crippen LogP contribution in [0.5, 0.6) is 0 Å². The van der Waals surface area contributed by atoms with Gasteiger partial charge in [-0.15, -0.1) is 0 Å². The molecule has 11 heteroatoms. The van der Waals surface area contributed by atoms with E-state index >= 15 is 0 Å². The van der Waals surface area contributed by atoms with E-state index in [4.69, 9.17) is 0 Å². The van der Waals surface area contributed by atoms with Gasteiger partial charge < -0.3 is 15.4 Å². The average molecular weight is 379 g/mol. The van der Waals surface area contributed by atoms with Gasteiger partial charge >= 0.3 is 5.97 Å². The van der Waals surface area contributed by atoms with Gasteiger partial charge in [0, 0.05) is 5.39 Å². The van der Waals surface area contributed by atoms with Gasteiger partial charge in [0.1, 0.15) is 17.9 Å². The molecule has 4 aromatic rings. The number of imidazole rings is 1. The van der Waals surface area contributed by atoms with Crippen LogP contribution < -0.4 is 10.9 Å². The summed E-state index contributed by atoms with van der Waals surface area (Å²) in [5.74, 6) is -1.71. The van der Waals surface area contributed by atoms with E-state index in [9.17, 15) is 19.5 Å². The Morgan fingerprint density at radius 2 is 1.93 bits per heavy atom. The molecule has 0 saturated heterocycles. The summed E-state index contributed by atoms with van der Waals surface area (Å²) >= 11 is 0. The molecule has 140 valence electrons. The maximum atomic E-state index is 12.8. The van der Waals surface area contributed by atoms with Gasteiger partial charge in [0.05, 0.1) is 11.7 Å². The first-order chi connectivity index (χ1) is 13.5. The molecule has 0 aliphatic carbocycles. The van der Waals surface area contributed by atoms with Crippen LogP contribution in [0, 0.1) is 0 Å². The van der Waals surface area contributed by atoms with Crippen LogP contribution in [0.2, 0.25) is 0 Å². The van der Waals surface area contributed by atoms with Crippen LogP contribution in [0.4, 0.5) is 5.82 Å². The number of fused-ring (bicyclic) bond motifs is 2. The molecule has 3 aromatic heterocycles. The Hall–Kier alpha value is -4.15. The fraction of sp³-hybridized carbons (Fsp3) is 0.118. The molecule has 0 fully saturated rings. The number of hydrogen-bond acceptors (Lipinski definition) is 7. The lowest BCUT2D eigenvalue weighted by molar-refractivity contribution is -0.119. The molecule has 0 unspecified atom stereocenters. The Bertz CT molecular complexity index is 1290. The molecular formula is C17H13N7O4. The Balaban J connectivity index is 1.76. The minimum Gasteiger partial charge on any atom is -0.476 e. The molecule has 0 aliphatic heterocycles. The number of carbonyl (C=O) groups excluding carboxylic acids is 1. The highest BCUT2D eigenvalue weighted by Crippen LogP contribution is 2.18. The van der Waals surface area contributed by atoms with Crippen LogP contribution in [0.1, 0.15) is 23.5 Å². The topological polar surface area (TPSA) is 156 Å². The number of carboxylic acid groups (broad SMARTS) is 1. The van der Waals surface area contributed by atoms with Gasteiger partial charge in [0.25, 0.3) is 5.56 Å². The van der Waals surface area contributed by atoms with Gasteiger partial charge in [-0.25, -0.2) is 24.4 Å². The minimum absolute atomic E-state index is 0.160. The number of carbonyl (C=O) groups is 2. The van der Waals surface area contributed by atoms with Gasteiger partial charge in [-0.3, -0.25) is 9.59 Å². The van der Waals surface area contributed by atoms with Crippen LogP contribution in [0.25, 0.3) is 21.9 Å². The second kappa shape index (κ2) is 6.54. The molecule has 0 spiro atoms. The lowest BCUT2D eigenvalue weighted by atomic mass is 10.1. The maximum Gasteiger partial charge on any atom is 0.357 e. The van der Waals surface area contributed by atoms with Crippen molar-refractivity contribution >= 4 is 39.6 Å². The molecule has 1 atom stereocenters. The van der Waals surface area contributed by atoms with Crippen LogP contribution >= 0.6 is 0 Å². The summed E-state index contributed by atoms with van der Waals surface area (Å²) < 4.78 is 0.854. The molecule has 0 radical (unpaired) electrons. The van der Waals surface area contributed by atoms with E-state index in [-0.39, 0.29) is 22.3 Å². The second-order valence-electron chi connectivity index (χ2n) is 5.94. The number of aromatic nitrogens is 6. The monoisotopic (exact) mass is 379 g/mol. The number of carboxylic acids is 1. The zero-order valence-electron chi connectivity index (χ0n) is 14.4. The summed E-state index contributed by atoms with van der Waals surface area (Å²) in [6, 6.07) is 5.12. The zero-order chi connectivity index (χ0) is 19.8. The second-order valence-corrected chi connectivity index (χ2v) is 5.94. The molecule has 1 amide bonds. The minimum atomic E-state index is -1.30. The number of nitrogens with zero attached hydrogens (tertiary/aromatic N) is 5. The molecule has 3 heterocycles. The third-order valence-electron chi connectivity index (χ3n) is 4.24. The van der Waals surface area contributed by atoms with Crippen molar-refractivity contribution in [1.82, 2.24) is 29.7 Å². The van der Waals surface area contributed by atoms with E-state index in [1.165, 1.54) is 31.7 Å². The largest absolute Gasteiger partial charge is 0.476 e. The summed E-state index contributed by atoms with van der Waals surface area (Å²) in [5, 5.41) is 16.3. The highest BCUT2D eigenvalue weighted by atomic mass is 16.4. The number of aromatic amines is 1. The first kappa shape index (κ1) is 17.3. The lowest BCUT2D eigenvalue weighted by Crippen LogP contribution is -2.35. The van der Waals surface area contributed by atoms with E-state index in [2.05, 4.69) is 30.4 Å². The van der Waals surface area contributed by atoms with E-state index < -0.39 is 23.5 Å². The first-order valence-corrected chi connectivity index (χ1v) is 8.17. The Kier molecular flexibility index (Phi) is 4.03. The molecule has 1 aromatic carbocycles. The summed E-state index contributed by atoms with van der Waals surface area (Å²) in [5.41, 5.74) is -0.0920. The van der Waals surface area contributed by atoms with Crippen LogP contribution in [-0.2, 0) is 4.79 Å². The van der Waals surface area contributed by atoms with Crippen molar-refractivity contribution in [3.63, 3.8) is 0 Å². The fourth-order valence-corrected chi connectivity index (χ4v) is 2.82. The molecule has 3 N–H and O–H groups in total. The van der Waals surface area contributed by atoms with Crippen molar-refractivity contribution in [2.24, 2.45) is 0 Å². The first-order valence-electron chi connectivity index (χ1n) is 8.17. The number of hydrogen-bond donors (Lipinski definition) is 3. The standard InChI is InChI=1S/C17H13N7O4/c1-8(15(25)22-14-12-13(19-6-18-12)20-7-21-14)24-16(26)10-5-3-2-4-9(10)11(23-24)17(27)28/h2-8H,1H3,(H,27,28)(H2,18,19,20,21,22,25)/t8-/m1/s1. The fourth-order valence-electron chi connectivity index (χ4n) is 2.82. The number of nitrogens with one attached hydrogen (secondary N) is 2. The Morgan fingerprint density at radius 3 is 2.68 bits per heavy atom. The van der Waals surface area contributed by atoms with Crippen molar-refractivity contribution < 1.29 is 14.7 Å². The van der Waals surface area contributed by atoms with E-state index in [0.717, 1.165) is 4.68 Å². The van der Waals surface area contributed by atoms with Gasteiger partial charge in [-0.1, -0.05) is 18.2 Å². The molecule has 28 heavy (non-hydrogen) atoms. The highest BCUT2D eigenvalue weighted by Gasteiger charge is 2.23. The average Bonchev–Trinajstić information content (AvgIpc) is 3.17. The number of benzene rings is 1. The number of aromatic carboxylic acids is 1. The lowest BCUT2D eigenvalue weighted by Gasteiger charge is -2.15. The third-order valence-corrected chi connectivity index (χ3v) is 4.24. The van der Waals surface area contributed by atoms with E-state index in [1.54, 1.807) is 12.1 Å². The molecule has 4 rings (SSSR count). The van der Waals surface area contributed by atoms with Crippen molar-refractivity contribution in [3.8, 4) is 0 Å². The van der Waals surface area contributed by atoms with Gasteiger partial charge in [-0.05, 0) is 13.0 Å².